The summed E-state index contributed by atoms with van der Waals surface area (Å²) < 4.78 is 21.6. The van der Waals surface area contributed by atoms with Gasteiger partial charge in [-0.1, -0.05) is 11.6 Å². The van der Waals surface area contributed by atoms with Gasteiger partial charge < -0.3 is 20.3 Å². The number of hydrogen-bond acceptors (Lipinski definition) is 7. The molecule has 2 N–H and O–H groups in total. The third-order valence-electron chi connectivity index (χ3n) is 6.71. The first-order valence-corrected chi connectivity index (χ1v) is 12.1. The van der Waals surface area contributed by atoms with Crippen molar-refractivity contribution in [2.45, 2.75) is 50.3 Å². The second-order valence-corrected chi connectivity index (χ2v) is 9.57. The molecule has 1 saturated carbocycles. The Morgan fingerprint density at radius 3 is 2.86 bits per heavy atom. The lowest BCUT2D eigenvalue weighted by molar-refractivity contribution is 0.110. The van der Waals surface area contributed by atoms with Crippen molar-refractivity contribution in [3.63, 3.8) is 0 Å². The van der Waals surface area contributed by atoms with Gasteiger partial charge in [-0.15, -0.1) is 0 Å². The summed E-state index contributed by atoms with van der Waals surface area (Å²) in [4.78, 5) is 27.4. The molecule has 2 amide bonds. The van der Waals surface area contributed by atoms with Gasteiger partial charge in [-0.3, -0.25) is 0 Å². The summed E-state index contributed by atoms with van der Waals surface area (Å²) in [5.74, 6) is -0.145. The molecule has 3 aromatic rings. The second kappa shape index (κ2) is 9.90. The highest BCUT2D eigenvalue weighted by Crippen LogP contribution is 2.28. The molecular formula is C23H28ClFN8O2. The predicted octanol–water partition coefficient (Wildman–Crippen LogP) is 3.37. The number of rotatable bonds is 5. The minimum atomic E-state index is -0.543. The summed E-state index contributed by atoms with van der Waals surface area (Å²) in [7, 11) is 3.44. The van der Waals surface area contributed by atoms with Gasteiger partial charge in [0.05, 0.1) is 22.7 Å². The van der Waals surface area contributed by atoms with Crippen molar-refractivity contribution in [3.8, 4) is 11.5 Å². The average Bonchev–Trinajstić information content (AvgIpc) is 3.45. The van der Waals surface area contributed by atoms with Crippen LogP contribution in [0.15, 0.2) is 18.5 Å². The zero-order chi connectivity index (χ0) is 24.5. The molecule has 1 saturated heterocycles. The van der Waals surface area contributed by atoms with Crippen LogP contribution in [0.5, 0.6) is 0 Å². The van der Waals surface area contributed by atoms with Crippen molar-refractivity contribution in [3.05, 3.63) is 29.3 Å². The molecule has 0 aromatic carbocycles. The van der Waals surface area contributed by atoms with Gasteiger partial charge in [0, 0.05) is 45.5 Å². The first-order valence-electron chi connectivity index (χ1n) is 11.8. The molecule has 4 heterocycles. The number of aryl methyl sites for hydroxylation is 1. The second-order valence-electron chi connectivity index (χ2n) is 9.13. The van der Waals surface area contributed by atoms with E-state index in [4.69, 9.17) is 16.3 Å². The van der Waals surface area contributed by atoms with E-state index in [1.807, 2.05) is 0 Å². The van der Waals surface area contributed by atoms with Crippen LogP contribution in [-0.4, -0.2) is 74.1 Å². The fourth-order valence-corrected chi connectivity index (χ4v) is 5.04. The van der Waals surface area contributed by atoms with Gasteiger partial charge in [-0.25, -0.2) is 28.8 Å². The van der Waals surface area contributed by atoms with E-state index >= 15 is 0 Å². The van der Waals surface area contributed by atoms with Crippen LogP contribution in [0.4, 0.5) is 15.0 Å². The van der Waals surface area contributed by atoms with Crippen molar-refractivity contribution < 1.29 is 13.9 Å². The third-order valence-corrected chi connectivity index (χ3v) is 6.92. The van der Waals surface area contributed by atoms with Gasteiger partial charge in [0.15, 0.2) is 23.1 Å². The molecule has 10 nitrogen and oxygen atoms in total. The summed E-state index contributed by atoms with van der Waals surface area (Å²) in [6.07, 6.45) is 6.97. The number of likely N-dealkylation sites (tertiary alicyclic amines) is 1. The topological polar surface area (TPSA) is 110 Å². The Bertz CT molecular complexity index is 1240. The maximum atomic E-state index is 14.7. The zero-order valence-corrected chi connectivity index (χ0v) is 20.4. The van der Waals surface area contributed by atoms with Crippen molar-refractivity contribution in [2.24, 2.45) is 7.05 Å². The number of aromatic nitrogens is 5. The highest BCUT2D eigenvalue weighted by atomic mass is 35.5. The number of halogens is 2. The number of fused-ring (bicyclic) bond motifs is 1. The molecule has 35 heavy (non-hydrogen) atoms. The first kappa shape index (κ1) is 23.7. The van der Waals surface area contributed by atoms with Crippen molar-refractivity contribution in [1.29, 1.82) is 0 Å². The number of nitrogens with one attached hydrogen (secondary N) is 2. The molecule has 1 aliphatic carbocycles. The normalized spacial score (nSPS) is 22.5. The number of methoxy groups -OCH3 is 1. The van der Waals surface area contributed by atoms with Crippen molar-refractivity contribution in [2.75, 3.05) is 25.5 Å². The Balaban J connectivity index is 1.29. The molecule has 0 radical (unpaired) electrons. The molecule has 1 aliphatic heterocycles. The fraction of sp³-hybridized carbons (Fsp3) is 0.522. The first-order chi connectivity index (χ1) is 16.9. The largest absolute Gasteiger partial charge is 0.380 e. The van der Waals surface area contributed by atoms with Gasteiger partial charge in [0.1, 0.15) is 5.69 Å². The molecular weight excluding hydrogens is 475 g/mol. The van der Waals surface area contributed by atoms with Crippen molar-refractivity contribution in [1.82, 2.24) is 34.9 Å². The smallest absolute Gasteiger partial charge is 0.317 e. The zero-order valence-electron chi connectivity index (χ0n) is 19.7. The number of ether oxygens (including phenoxy) is 1. The number of urea groups is 1. The molecule has 5 rings (SSSR count). The van der Waals surface area contributed by atoms with Crippen LogP contribution >= 0.6 is 11.6 Å². The molecule has 3 atom stereocenters. The third kappa shape index (κ3) is 5.01. The lowest BCUT2D eigenvalue weighted by Gasteiger charge is -2.32. The van der Waals surface area contributed by atoms with Gasteiger partial charge in [0.2, 0.25) is 0 Å². The minimum absolute atomic E-state index is 0.00710. The lowest BCUT2D eigenvalue weighted by atomic mass is 9.91. The fourth-order valence-electron chi connectivity index (χ4n) is 4.88. The standard InChI is InChI=1S/C23H28ClFN8O2/c1-32-22-17(8-13(24)10-27-22)19(31-32)21-26-11-18(25)20(30-21)28-14-4-3-5-15(9-14)29-23(34)33-7-6-16(12-33)35-2/h8,10-11,14-16H,3-7,9,12H2,1-2H3,(H,29,34)(H,26,28,30)/t14-,15+,16?/m0/s1. The van der Waals surface area contributed by atoms with E-state index in [1.165, 1.54) is 0 Å². The molecule has 0 bridgehead atoms. The Morgan fingerprint density at radius 1 is 1.23 bits per heavy atom. The van der Waals surface area contributed by atoms with Crippen LogP contribution in [-0.2, 0) is 11.8 Å². The van der Waals surface area contributed by atoms with Crippen LogP contribution in [0, 0.1) is 5.82 Å². The molecule has 186 valence electrons. The summed E-state index contributed by atoms with van der Waals surface area (Å²) in [5.41, 5.74) is 1.11. The highest BCUT2D eigenvalue weighted by Gasteiger charge is 2.30. The van der Waals surface area contributed by atoms with Gasteiger partial charge in [-0.05, 0) is 38.2 Å². The Kier molecular flexibility index (Phi) is 6.70. The van der Waals surface area contributed by atoms with E-state index in [-0.39, 0.29) is 35.9 Å². The Morgan fingerprint density at radius 2 is 2.06 bits per heavy atom. The lowest BCUT2D eigenvalue weighted by Crippen LogP contribution is -2.47. The molecule has 2 aliphatic rings. The van der Waals surface area contributed by atoms with Crippen LogP contribution in [0.2, 0.25) is 5.02 Å². The number of pyridine rings is 1. The van der Waals surface area contributed by atoms with Crippen LogP contribution < -0.4 is 10.6 Å². The number of hydrogen-bond donors (Lipinski definition) is 2. The Hall–Kier alpha value is -3.05. The summed E-state index contributed by atoms with van der Waals surface area (Å²) in [6.45, 7) is 1.30. The average molecular weight is 503 g/mol. The maximum Gasteiger partial charge on any atom is 0.317 e. The number of anilines is 1. The van der Waals surface area contributed by atoms with Gasteiger partial charge in [-0.2, -0.15) is 5.10 Å². The van der Waals surface area contributed by atoms with E-state index in [1.54, 1.807) is 36.0 Å². The van der Waals surface area contributed by atoms with E-state index < -0.39 is 5.82 Å². The van der Waals surface area contributed by atoms with Gasteiger partial charge in [0.25, 0.3) is 0 Å². The maximum absolute atomic E-state index is 14.7. The number of amides is 2. The number of nitrogens with zero attached hydrogens (tertiary/aromatic N) is 6. The summed E-state index contributed by atoms with van der Waals surface area (Å²) in [5, 5.41) is 12.0. The van der Waals surface area contributed by atoms with E-state index in [9.17, 15) is 9.18 Å². The van der Waals surface area contributed by atoms with Crippen molar-refractivity contribution >= 4 is 34.5 Å². The molecule has 3 aromatic heterocycles. The number of carbonyl (C=O) groups excluding carboxylic acids is 1. The SMILES string of the molecule is COC1CCN(C(=O)N[C@@H]2CCC[C@H](Nc3nc(-c4nn(C)c5ncc(Cl)cc45)ncc3F)C2)C1. The summed E-state index contributed by atoms with van der Waals surface area (Å²) in [6, 6.07) is 1.65. The van der Waals surface area contributed by atoms with E-state index in [2.05, 4.69) is 30.7 Å². The van der Waals surface area contributed by atoms with E-state index in [0.717, 1.165) is 31.9 Å². The monoisotopic (exact) mass is 502 g/mol. The molecule has 2 fully saturated rings. The van der Waals surface area contributed by atoms with E-state index in [0.29, 0.717) is 41.3 Å². The molecule has 1 unspecified atom stereocenters. The van der Waals surface area contributed by atoms with Crippen LogP contribution in [0.3, 0.4) is 0 Å². The predicted molar refractivity (Wildman–Crippen MR) is 130 cm³/mol. The summed E-state index contributed by atoms with van der Waals surface area (Å²) >= 11 is 6.13. The molecule has 0 spiro atoms. The number of carbonyl (C=O) groups is 1. The highest BCUT2D eigenvalue weighted by molar-refractivity contribution is 6.31. The minimum Gasteiger partial charge on any atom is -0.380 e. The molecule has 12 heteroatoms. The van der Waals surface area contributed by atoms with Crippen LogP contribution in [0.25, 0.3) is 22.6 Å². The van der Waals surface area contributed by atoms with Gasteiger partial charge >= 0.3 is 6.03 Å². The Labute approximate surface area is 207 Å². The quantitative estimate of drug-likeness (QED) is 0.550. The van der Waals surface area contributed by atoms with Crippen LogP contribution in [0.1, 0.15) is 32.1 Å².